The van der Waals surface area contributed by atoms with E-state index in [1.807, 2.05) is 0 Å². The quantitative estimate of drug-likeness (QED) is 0.648. The lowest BCUT2D eigenvalue weighted by Gasteiger charge is -2.04. The monoisotopic (exact) mass is 241 g/mol. The van der Waals surface area contributed by atoms with Gasteiger partial charge in [-0.25, -0.2) is 4.79 Å². The number of hydrogen-bond acceptors (Lipinski definition) is 3. The summed E-state index contributed by atoms with van der Waals surface area (Å²) in [6.45, 7) is 2.08. The van der Waals surface area contributed by atoms with E-state index in [-0.39, 0.29) is 17.8 Å². The van der Waals surface area contributed by atoms with Gasteiger partial charge in [-0.1, -0.05) is 0 Å². The summed E-state index contributed by atoms with van der Waals surface area (Å²) in [7, 11) is 0. The summed E-state index contributed by atoms with van der Waals surface area (Å²) in [4.78, 5) is 22.3. The normalized spacial score (nSPS) is 9.62. The van der Waals surface area contributed by atoms with Crippen molar-refractivity contribution in [2.24, 2.45) is 0 Å². The number of esters is 1. The molecule has 1 aromatic rings. The Bertz CT molecular complexity index is 375. The molecule has 1 rings (SSSR count). The van der Waals surface area contributed by atoms with Crippen LogP contribution in [0.15, 0.2) is 24.3 Å². The minimum atomic E-state index is -0.377. The Kier molecular flexibility index (Phi) is 4.79. The summed E-state index contributed by atoms with van der Waals surface area (Å²) < 4.78 is 4.82. The van der Waals surface area contributed by atoms with Gasteiger partial charge in [-0.2, -0.15) is 0 Å². The number of benzene rings is 1. The predicted molar refractivity (Wildman–Crippen MR) is 61.7 cm³/mol. The third kappa shape index (κ3) is 3.55. The molecule has 0 radical (unpaired) electrons. The summed E-state index contributed by atoms with van der Waals surface area (Å²) in [6, 6.07) is 6.41. The molecule has 5 heteroatoms. The van der Waals surface area contributed by atoms with Crippen LogP contribution in [-0.4, -0.2) is 24.4 Å². The summed E-state index contributed by atoms with van der Waals surface area (Å²) >= 11 is 5.34. The van der Waals surface area contributed by atoms with Gasteiger partial charge in [0.1, 0.15) is 5.88 Å². The highest BCUT2D eigenvalue weighted by molar-refractivity contribution is 6.29. The number of alkyl halides is 1. The SMILES string of the molecule is CCOC(=O)c1ccc(NC(=O)CCl)cc1. The summed E-state index contributed by atoms with van der Waals surface area (Å²) in [5, 5.41) is 2.57. The van der Waals surface area contributed by atoms with Gasteiger partial charge in [-0.15, -0.1) is 11.6 Å². The highest BCUT2D eigenvalue weighted by atomic mass is 35.5. The van der Waals surface area contributed by atoms with E-state index in [2.05, 4.69) is 5.32 Å². The molecule has 1 amide bonds. The van der Waals surface area contributed by atoms with Crippen LogP contribution in [-0.2, 0) is 9.53 Å². The lowest BCUT2D eigenvalue weighted by molar-refractivity contribution is -0.113. The number of nitrogens with one attached hydrogen (secondary N) is 1. The van der Waals surface area contributed by atoms with Gasteiger partial charge < -0.3 is 10.1 Å². The number of hydrogen-bond donors (Lipinski definition) is 1. The van der Waals surface area contributed by atoms with E-state index in [1.165, 1.54) is 0 Å². The maximum Gasteiger partial charge on any atom is 0.338 e. The average molecular weight is 242 g/mol. The number of carbonyl (C=O) groups excluding carboxylic acids is 2. The zero-order valence-electron chi connectivity index (χ0n) is 8.83. The van der Waals surface area contributed by atoms with Crippen molar-refractivity contribution in [3.63, 3.8) is 0 Å². The van der Waals surface area contributed by atoms with E-state index in [4.69, 9.17) is 16.3 Å². The highest BCUT2D eigenvalue weighted by Gasteiger charge is 2.06. The molecule has 86 valence electrons. The van der Waals surface area contributed by atoms with Crippen molar-refractivity contribution in [3.8, 4) is 0 Å². The van der Waals surface area contributed by atoms with E-state index in [0.29, 0.717) is 17.9 Å². The minimum Gasteiger partial charge on any atom is -0.462 e. The largest absolute Gasteiger partial charge is 0.462 e. The summed E-state index contributed by atoms with van der Waals surface area (Å²) in [5.74, 6) is -0.761. The smallest absolute Gasteiger partial charge is 0.338 e. The molecule has 0 heterocycles. The van der Waals surface area contributed by atoms with Crippen LogP contribution in [0.1, 0.15) is 17.3 Å². The number of amides is 1. The van der Waals surface area contributed by atoms with E-state index in [1.54, 1.807) is 31.2 Å². The van der Waals surface area contributed by atoms with Crippen molar-refractivity contribution < 1.29 is 14.3 Å². The molecule has 1 N–H and O–H groups in total. The first-order chi connectivity index (χ1) is 7.67. The maximum absolute atomic E-state index is 11.3. The number of carbonyl (C=O) groups is 2. The summed E-state index contributed by atoms with van der Waals surface area (Å²) in [6.07, 6.45) is 0. The fourth-order valence-electron chi connectivity index (χ4n) is 1.10. The second-order valence-corrected chi connectivity index (χ2v) is 3.25. The van der Waals surface area contributed by atoms with Crippen LogP contribution in [0.4, 0.5) is 5.69 Å². The van der Waals surface area contributed by atoms with Gasteiger partial charge in [0.05, 0.1) is 12.2 Å². The van der Waals surface area contributed by atoms with Gasteiger partial charge in [0.2, 0.25) is 5.91 Å². The molecule has 0 aliphatic carbocycles. The second-order valence-electron chi connectivity index (χ2n) is 2.98. The molecule has 0 unspecified atom stereocenters. The number of ether oxygens (including phenoxy) is 1. The third-order valence-electron chi connectivity index (χ3n) is 1.80. The van der Waals surface area contributed by atoms with Crippen molar-refractivity contribution in [3.05, 3.63) is 29.8 Å². The number of anilines is 1. The molecule has 0 aliphatic heterocycles. The van der Waals surface area contributed by atoms with E-state index in [0.717, 1.165) is 0 Å². The molecule has 0 saturated carbocycles. The Morgan fingerprint density at radius 3 is 2.44 bits per heavy atom. The molecule has 0 bridgehead atoms. The molecule has 0 aromatic heterocycles. The van der Waals surface area contributed by atoms with Crippen molar-refractivity contribution >= 4 is 29.2 Å². The Morgan fingerprint density at radius 2 is 1.94 bits per heavy atom. The molecule has 16 heavy (non-hydrogen) atoms. The molecule has 4 nitrogen and oxygen atoms in total. The second kappa shape index (κ2) is 6.12. The Hall–Kier alpha value is -1.55. The molecular weight excluding hydrogens is 230 g/mol. The molecule has 0 fully saturated rings. The lowest BCUT2D eigenvalue weighted by atomic mass is 10.2. The Morgan fingerprint density at radius 1 is 1.31 bits per heavy atom. The standard InChI is InChI=1S/C11H12ClNO3/c1-2-16-11(15)8-3-5-9(6-4-8)13-10(14)7-12/h3-6H,2,7H2,1H3,(H,13,14). The number of halogens is 1. The Balaban J connectivity index is 2.67. The van der Waals surface area contributed by atoms with Crippen molar-refractivity contribution in [2.75, 3.05) is 17.8 Å². The number of rotatable bonds is 4. The maximum atomic E-state index is 11.3. The van der Waals surface area contributed by atoms with Crippen molar-refractivity contribution in [1.29, 1.82) is 0 Å². The minimum absolute atomic E-state index is 0.0976. The van der Waals surface area contributed by atoms with Crippen LogP contribution < -0.4 is 5.32 Å². The van der Waals surface area contributed by atoms with Crippen LogP contribution in [0.5, 0.6) is 0 Å². The van der Waals surface area contributed by atoms with Crippen LogP contribution in [0, 0.1) is 0 Å². The van der Waals surface area contributed by atoms with Crippen LogP contribution in [0.2, 0.25) is 0 Å². The van der Waals surface area contributed by atoms with Gasteiger partial charge in [0.15, 0.2) is 0 Å². The molecule has 0 aliphatic rings. The highest BCUT2D eigenvalue weighted by Crippen LogP contribution is 2.10. The fraction of sp³-hybridized carbons (Fsp3) is 0.273. The molecule has 0 saturated heterocycles. The van der Waals surface area contributed by atoms with E-state index in [9.17, 15) is 9.59 Å². The predicted octanol–water partition coefficient (Wildman–Crippen LogP) is 2.04. The Labute approximate surface area is 98.5 Å². The zero-order chi connectivity index (χ0) is 12.0. The zero-order valence-corrected chi connectivity index (χ0v) is 9.58. The van der Waals surface area contributed by atoms with E-state index < -0.39 is 0 Å². The van der Waals surface area contributed by atoms with Crippen LogP contribution in [0.25, 0.3) is 0 Å². The third-order valence-corrected chi connectivity index (χ3v) is 2.04. The first kappa shape index (κ1) is 12.5. The summed E-state index contributed by atoms with van der Waals surface area (Å²) in [5.41, 5.74) is 1.05. The molecule has 0 spiro atoms. The molecule has 1 aromatic carbocycles. The van der Waals surface area contributed by atoms with Crippen LogP contribution in [0.3, 0.4) is 0 Å². The van der Waals surface area contributed by atoms with Gasteiger partial charge in [0.25, 0.3) is 0 Å². The van der Waals surface area contributed by atoms with Crippen LogP contribution >= 0.6 is 11.6 Å². The average Bonchev–Trinajstić information content (AvgIpc) is 2.30. The van der Waals surface area contributed by atoms with Crippen molar-refractivity contribution in [2.45, 2.75) is 6.92 Å². The first-order valence-electron chi connectivity index (χ1n) is 4.80. The molecule has 0 atom stereocenters. The van der Waals surface area contributed by atoms with E-state index >= 15 is 0 Å². The van der Waals surface area contributed by atoms with Gasteiger partial charge in [-0.3, -0.25) is 4.79 Å². The topological polar surface area (TPSA) is 55.4 Å². The molecular formula is C11H12ClNO3. The van der Waals surface area contributed by atoms with Gasteiger partial charge in [-0.05, 0) is 31.2 Å². The fourth-order valence-corrected chi connectivity index (χ4v) is 1.17. The lowest BCUT2D eigenvalue weighted by Crippen LogP contribution is -2.12. The van der Waals surface area contributed by atoms with Gasteiger partial charge in [0, 0.05) is 5.69 Å². The first-order valence-corrected chi connectivity index (χ1v) is 5.33. The van der Waals surface area contributed by atoms with Crippen molar-refractivity contribution in [1.82, 2.24) is 0 Å². The van der Waals surface area contributed by atoms with Gasteiger partial charge >= 0.3 is 5.97 Å².